The van der Waals surface area contributed by atoms with E-state index in [1.807, 2.05) is 23.1 Å². The smallest absolute Gasteiger partial charge is 0.319 e. The molecule has 1 fully saturated rings. The molecule has 2 aromatic rings. The van der Waals surface area contributed by atoms with Crippen LogP contribution in [0.5, 0.6) is 0 Å². The van der Waals surface area contributed by atoms with Crippen molar-refractivity contribution in [3.05, 3.63) is 52.6 Å². The van der Waals surface area contributed by atoms with Gasteiger partial charge in [0.05, 0.1) is 10.7 Å². The van der Waals surface area contributed by atoms with Crippen LogP contribution in [0.1, 0.15) is 6.42 Å². The third-order valence-corrected chi connectivity index (χ3v) is 4.96. The third-order valence-electron chi connectivity index (χ3n) is 4.41. The summed E-state index contributed by atoms with van der Waals surface area (Å²) < 4.78 is 0. The lowest BCUT2D eigenvalue weighted by molar-refractivity contribution is -0.131. The minimum absolute atomic E-state index is 0.0190. The second-order valence-corrected chi connectivity index (χ2v) is 7.15. The number of nitrogens with one attached hydrogen (secondary N) is 2. The highest BCUT2D eigenvalue weighted by atomic mass is 35.5. The summed E-state index contributed by atoms with van der Waals surface area (Å²) in [6, 6.07) is 10.2. The third kappa shape index (κ3) is 5.50. The quantitative estimate of drug-likeness (QED) is 0.776. The Morgan fingerprint density at radius 1 is 1.07 bits per heavy atom. The first kappa shape index (κ1) is 20.2. The van der Waals surface area contributed by atoms with Gasteiger partial charge in [0.2, 0.25) is 5.91 Å². The number of hydrogen-bond acceptors (Lipinski definition) is 4. The van der Waals surface area contributed by atoms with Crippen LogP contribution < -0.4 is 15.5 Å². The van der Waals surface area contributed by atoms with Gasteiger partial charge >= 0.3 is 6.03 Å². The first-order valence-corrected chi connectivity index (χ1v) is 9.72. The fourth-order valence-electron chi connectivity index (χ4n) is 2.92. The van der Waals surface area contributed by atoms with Gasteiger partial charge in [-0.2, -0.15) is 0 Å². The van der Waals surface area contributed by atoms with Crippen molar-refractivity contribution < 1.29 is 9.59 Å². The minimum atomic E-state index is -0.419. The number of hydrogen-bond donors (Lipinski definition) is 2. The Bertz CT molecular complexity index is 826. The van der Waals surface area contributed by atoms with Gasteiger partial charge in [0.25, 0.3) is 0 Å². The van der Waals surface area contributed by atoms with Crippen molar-refractivity contribution >= 4 is 46.6 Å². The number of rotatable bonds is 5. The Balaban J connectivity index is 1.38. The molecular formula is C19H21Cl2N5O2. The molecule has 1 aromatic carbocycles. The summed E-state index contributed by atoms with van der Waals surface area (Å²) >= 11 is 11.8. The molecule has 0 unspecified atom stereocenters. The number of aromatic nitrogens is 1. The maximum atomic E-state index is 12.4. The van der Waals surface area contributed by atoms with Crippen LogP contribution in [0.3, 0.4) is 0 Å². The molecule has 0 spiro atoms. The van der Waals surface area contributed by atoms with E-state index in [2.05, 4.69) is 20.5 Å². The van der Waals surface area contributed by atoms with E-state index in [1.165, 1.54) is 0 Å². The number of anilines is 2. The highest BCUT2D eigenvalue weighted by Gasteiger charge is 2.21. The largest absolute Gasteiger partial charge is 0.353 e. The molecule has 0 aliphatic carbocycles. The molecule has 1 aliphatic rings. The van der Waals surface area contributed by atoms with Gasteiger partial charge in [-0.15, -0.1) is 0 Å². The van der Waals surface area contributed by atoms with Gasteiger partial charge in [-0.05, 0) is 30.3 Å². The van der Waals surface area contributed by atoms with Crippen LogP contribution in [0.15, 0.2) is 42.6 Å². The Morgan fingerprint density at radius 2 is 1.86 bits per heavy atom. The summed E-state index contributed by atoms with van der Waals surface area (Å²) in [6.07, 6.45) is 2.01. The second-order valence-electron chi connectivity index (χ2n) is 6.31. The molecule has 3 rings (SSSR count). The van der Waals surface area contributed by atoms with Crippen molar-refractivity contribution in [2.75, 3.05) is 42.9 Å². The summed E-state index contributed by atoms with van der Waals surface area (Å²) in [4.78, 5) is 32.6. The Labute approximate surface area is 173 Å². The zero-order valence-corrected chi connectivity index (χ0v) is 16.7. The maximum absolute atomic E-state index is 12.4. The summed E-state index contributed by atoms with van der Waals surface area (Å²) in [5, 5.41) is 6.15. The molecule has 2 heterocycles. The molecule has 3 amide bonds. The van der Waals surface area contributed by atoms with Crippen molar-refractivity contribution in [3.8, 4) is 0 Å². The molecule has 0 atom stereocenters. The number of carbonyl (C=O) groups is 2. The molecule has 2 N–H and O–H groups in total. The highest BCUT2D eigenvalue weighted by Crippen LogP contribution is 2.25. The van der Waals surface area contributed by atoms with Crippen molar-refractivity contribution in [2.24, 2.45) is 0 Å². The van der Waals surface area contributed by atoms with E-state index in [0.717, 1.165) is 18.9 Å². The summed E-state index contributed by atoms with van der Waals surface area (Å²) in [6.45, 7) is 3.01. The molecule has 0 radical (unpaired) electrons. The second kappa shape index (κ2) is 9.61. The summed E-state index contributed by atoms with van der Waals surface area (Å²) in [5.41, 5.74) is 0.459. The predicted molar refractivity (Wildman–Crippen MR) is 111 cm³/mol. The molecule has 7 nitrogen and oxygen atoms in total. The van der Waals surface area contributed by atoms with Gasteiger partial charge in [-0.1, -0.05) is 29.3 Å². The Hall–Kier alpha value is -2.51. The fourth-order valence-corrected chi connectivity index (χ4v) is 3.38. The zero-order valence-electron chi connectivity index (χ0n) is 15.2. The number of nitrogens with zero attached hydrogens (tertiary/aromatic N) is 3. The number of amides is 3. The first-order valence-electron chi connectivity index (χ1n) is 8.96. The molecule has 0 saturated carbocycles. The average molecular weight is 422 g/mol. The topological polar surface area (TPSA) is 77.6 Å². The molecule has 1 aliphatic heterocycles. The van der Waals surface area contributed by atoms with Gasteiger partial charge < -0.3 is 20.4 Å². The normalized spacial score (nSPS) is 13.9. The number of carbonyl (C=O) groups excluding carboxylic acids is 2. The van der Waals surface area contributed by atoms with Crippen LogP contribution in [-0.4, -0.2) is 54.5 Å². The van der Waals surface area contributed by atoms with Crippen molar-refractivity contribution in [2.45, 2.75) is 6.42 Å². The van der Waals surface area contributed by atoms with E-state index < -0.39 is 6.03 Å². The van der Waals surface area contributed by atoms with Crippen molar-refractivity contribution in [1.29, 1.82) is 0 Å². The van der Waals surface area contributed by atoms with Gasteiger partial charge in [0.1, 0.15) is 5.82 Å². The summed E-state index contributed by atoms with van der Waals surface area (Å²) in [5.74, 6) is 0.944. The Morgan fingerprint density at radius 3 is 2.54 bits per heavy atom. The van der Waals surface area contributed by atoms with E-state index >= 15 is 0 Å². The molecule has 148 valence electrons. The maximum Gasteiger partial charge on any atom is 0.319 e. The van der Waals surface area contributed by atoms with E-state index in [1.54, 1.807) is 24.4 Å². The van der Waals surface area contributed by atoms with E-state index in [9.17, 15) is 9.59 Å². The number of pyridine rings is 1. The average Bonchev–Trinajstić information content (AvgIpc) is 2.71. The van der Waals surface area contributed by atoms with Crippen LogP contribution in [0, 0.1) is 0 Å². The van der Waals surface area contributed by atoms with Crippen LogP contribution in [0.25, 0.3) is 0 Å². The standard InChI is InChI=1S/C19H21Cl2N5O2/c20-14-4-5-16(15(21)13-14)24-19(28)23-8-6-18(27)26-11-9-25(10-12-26)17-3-1-2-7-22-17/h1-5,7,13H,6,8-12H2,(H2,23,24,28). The SMILES string of the molecule is O=C(NCCC(=O)N1CCN(c2ccccn2)CC1)Nc1ccc(Cl)cc1Cl. The number of urea groups is 1. The molecule has 28 heavy (non-hydrogen) atoms. The molecule has 9 heteroatoms. The van der Waals surface area contributed by atoms with Crippen LogP contribution in [0.4, 0.5) is 16.3 Å². The van der Waals surface area contributed by atoms with Gasteiger partial charge in [-0.3, -0.25) is 4.79 Å². The molecular weight excluding hydrogens is 401 g/mol. The van der Waals surface area contributed by atoms with Gasteiger partial charge in [0.15, 0.2) is 0 Å². The lowest BCUT2D eigenvalue weighted by Gasteiger charge is -2.35. The first-order chi connectivity index (χ1) is 13.5. The van der Waals surface area contributed by atoms with Gasteiger partial charge in [0, 0.05) is 50.4 Å². The predicted octanol–water partition coefficient (Wildman–Crippen LogP) is 3.25. The number of piperazine rings is 1. The minimum Gasteiger partial charge on any atom is -0.353 e. The highest BCUT2D eigenvalue weighted by molar-refractivity contribution is 6.36. The molecule has 0 bridgehead atoms. The Kier molecular flexibility index (Phi) is 6.95. The van der Waals surface area contributed by atoms with Crippen LogP contribution in [0.2, 0.25) is 10.0 Å². The van der Waals surface area contributed by atoms with Crippen molar-refractivity contribution in [1.82, 2.24) is 15.2 Å². The summed E-state index contributed by atoms with van der Waals surface area (Å²) in [7, 11) is 0. The zero-order chi connectivity index (χ0) is 19.9. The van der Waals surface area contributed by atoms with Crippen LogP contribution in [-0.2, 0) is 4.79 Å². The molecule has 1 saturated heterocycles. The monoisotopic (exact) mass is 421 g/mol. The molecule has 1 aromatic heterocycles. The van der Waals surface area contributed by atoms with Crippen LogP contribution >= 0.6 is 23.2 Å². The number of halogens is 2. The van der Waals surface area contributed by atoms with E-state index in [0.29, 0.717) is 28.8 Å². The lowest BCUT2D eigenvalue weighted by atomic mass is 10.2. The number of benzene rings is 1. The lowest BCUT2D eigenvalue weighted by Crippen LogP contribution is -2.49. The fraction of sp³-hybridized carbons (Fsp3) is 0.316. The van der Waals surface area contributed by atoms with E-state index in [-0.39, 0.29) is 18.9 Å². The van der Waals surface area contributed by atoms with Crippen molar-refractivity contribution in [3.63, 3.8) is 0 Å². The van der Waals surface area contributed by atoms with E-state index in [4.69, 9.17) is 23.2 Å². The van der Waals surface area contributed by atoms with Gasteiger partial charge in [-0.25, -0.2) is 9.78 Å².